The van der Waals surface area contributed by atoms with Crippen LogP contribution in [0.4, 0.5) is 8.78 Å². The number of hydrogen-bond donors (Lipinski definition) is 1. The summed E-state index contributed by atoms with van der Waals surface area (Å²) in [7, 11) is 0. The third-order valence-electron chi connectivity index (χ3n) is 11.0. The first kappa shape index (κ1) is 25.8. The predicted octanol–water partition coefficient (Wildman–Crippen LogP) is 7.15. The second-order valence-corrected chi connectivity index (χ2v) is 13.1. The van der Waals surface area contributed by atoms with Crippen molar-refractivity contribution >= 4 is 5.78 Å². The molecule has 0 heterocycles. The molecule has 5 aliphatic rings. The zero-order chi connectivity index (χ0) is 26.9. The molecule has 5 heteroatoms. The van der Waals surface area contributed by atoms with E-state index < -0.39 is 16.9 Å². The maximum atomic E-state index is 15.2. The van der Waals surface area contributed by atoms with E-state index in [9.17, 15) is 9.90 Å². The number of ether oxygens (including phenoxy) is 1. The number of aliphatic hydroxyl groups is 1. The predicted molar refractivity (Wildman–Crippen MR) is 143 cm³/mol. The summed E-state index contributed by atoms with van der Waals surface area (Å²) in [5.41, 5.74) is 1.72. The minimum atomic E-state index is -3.60. The highest BCUT2D eigenvalue weighted by Crippen LogP contribution is 2.69. The van der Waals surface area contributed by atoms with Crippen LogP contribution < -0.4 is 4.74 Å². The second-order valence-electron chi connectivity index (χ2n) is 13.1. The molecule has 0 saturated heterocycles. The third-order valence-corrected chi connectivity index (χ3v) is 11.0. The van der Waals surface area contributed by atoms with Crippen LogP contribution in [0, 0.1) is 35.0 Å². The lowest BCUT2D eigenvalue weighted by Gasteiger charge is -2.55. The molecule has 202 valence electrons. The fraction of sp³-hybridized carbons (Fsp3) is 0.606. The molecule has 0 aliphatic heterocycles. The monoisotopic (exact) mass is 520 g/mol. The lowest BCUT2D eigenvalue weighted by molar-refractivity contribution is -0.209. The van der Waals surface area contributed by atoms with Crippen LogP contribution in [0.3, 0.4) is 0 Å². The van der Waals surface area contributed by atoms with Crippen molar-refractivity contribution in [1.82, 2.24) is 0 Å². The van der Waals surface area contributed by atoms with Gasteiger partial charge in [0.05, 0.1) is 6.61 Å². The van der Waals surface area contributed by atoms with Crippen molar-refractivity contribution < 1.29 is 23.4 Å². The molecule has 0 radical (unpaired) electrons. The minimum absolute atomic E-state index is 0.00390. The molecule has 1 aromatic rings. The van der Waals surface area contributed by atoms with Crippen LogP contribution in [-0.2, 0) is 4.79 Å². The summed E-state index contributed by atoms with van der Waals surface area (Å²) in [6.45, 7) is 4.80. The van der Waals surface area contributed by atoms with Crippen molar-refractivity contribution in [2.75, 3.05) is 6.61 Å². The molecule has 1 N–H and O–H groups in total. The molecule has 3 fully saturated rings. The maximum absolute atomic E-state index is 15.2. The summed E-state index contributed by atoms with van der Waals surface area (Å²) in [6, 6.07) is 8.12. The zero-order valence-corrected chi connectivity index (χ0v) is 22.5. The van der Waals surface area contributed by atoms with Crippen LogP contribution in [0.1, 0.15) is 89.5 Å². The van der Waals surface area contributed by atoms with Gasteiger partial charge < -0.3 is 9.84 Å². The summed E-state index contributed by atoms with van der Waals surface area (Å²) in [5, 5.41) is 11.6. The summed E-state index contributed by atoms with van der Waals surface area (Å²) in [4.78, 5) is 12.2. The highest BCUT2D eigenvalue weighted by molar-refractivity contribution is 5.93. The molecule has 0 bridgehead atoms. The Bertz CT molecular complexity index is 1250. The fourth-order valence-electron chi connectivity index (χ4n) is 8.58. The Morgan fingerprint density at radius 2 is 1.84 bits per heavy atom. The summed E-state index contributed by atoms with van der Waals surface area (Å²) < 4.78 is 36.6. The van der Waals surface area contributed by atoms with E-state index in [0.29, 0.717) is 32.3 Å². The van der Waals surface area contributed by atoms with Crippen LogP contribution in [0.2, 0.25) is 0 Å². The van der Waals surface area contributed by atoms with Crippen molar-refractivity contribution in [2.45, 2.75) is 95.5 Å². The smallest absolute Gasteiger partial charge is 0.336 e. The average Bonchev–Trinajstić information content (AvgIpc) is 3.17. The lowest BCUT2D eigenvalue weighted by Crippen LogP contribution is -2.59. The molecule has 1 aromatic carbocycles. The van der Waals surface area contributed by atoms with Crippen molar-refractivity contribution in [3.05, 3.63) is 52.6 Å². The first-order valence-electron chi connectivity index (χ1n) is 14.3. The van der Waals surface area contributed by atoms with Gasteiger partial charge in [0.2, 0.25) is 0 Å². The lowest BCUT2D eigenvalue weighted by atomic mass is 9.50. The van der Waals surface area contributed by atoms with Gasteiger partial charge in [-0.1, -0.05) is 38.0 Å². The normalized spacial score (nSPS) is 35.8. The van der Waals surface area contributed by atoms with Gasteiger partial charge in [-0.05, 0) is 104 Å². The Labute approximate surface area is 224 Å². The highest BCUT2D eigenvalue weighted by Gasteiger charge is 2.71. The average molecular weight is 521 g/mol. The molecule has 0 amide bonds. The van der Waals surface area contributed by atoms with E-state index in [4.69, 9.17) is 11.2 Å². The number of ketones is 1. The standard InChI is InChI=1S/C33H38F2O3/c1-4-33(34,35)32(37)17-14-28-26-12-8-22-18-23(36)9-13-25(22)29(26)27(19-31(28,32)3)21-6-10-24(11-7-21)38-20-30(2)15-5-16-30/h1,6-7,10-11,18,26-28,37H,5,8-9,12-17,19-20H2,2-3H3/t26-,27?,28-,31-,32-/m0/s1. The highest BCUT2D eigenvalue weighted by atomic mass is 19.3. The van der Waals surface area contributed by atoms with Crippen molar-refractivity contribution in [2.24, 2.45) is 22.7 Å². The van der Waals surface area contributed by atoms with Gasteiger partial charge in [0.15, 0.2) is 5.78 Å². The summed E-state index contributed by atoms with van der Waals surface area (Å²) in [6.07, 6.45) is 14.5. The number of carbonyl (C=O) groups excluding carboxylic acids is 1. The van der Waals surface area contributed by atoms with Gasteiger partial charge in [0.25, 0.3) is 0 Å². The Morgan fingerprint density at radius 1 is 1.11 bits per heavy atom. The van der Waals surface area contributed by atoms with Gasteiger partial charge in [0, 0.05) is 23.2 Å². The topological polar surface area (TPSA) is 46.5 Å². The Hall–Kier alpha value is -2.45. The SMILES string of the molecule is C#CC(F)(F)[C@]1(O)CC[C@H]2[C@@H]3CCC4=CC(=O)CCC4=C3C(c3ccc(OCC4(C)CCC4)cc3)C[C@@]21C. The number of rotatable bonds is 5. The van der Waals surface area contributed by atoms with Gasteiger partial charge in [-0.15, -0.1) is 6.42 Å². The number of allylic oxidation sites excluding steroid dienone is 4. The molecular formula is C33H38F2O3. The first-order valence-corrected chi connectivity index (χ1v) is 14.3. The molecule has 38 heavy (non-hydrogen) atoms. The molecule has 6 rings (SSSR count). The summed E-state index contributed by atoms with van der Waals surface area (Å²) in [5.74, 6) is -1.07. The third kappa shape index (κ3) is 3.74. The number of hydrogen-bond acceptors (Lipinski definition) is 3. The molecule has 1 unspecified atom stereocenters. The quantitative estimate of drug-likeness (QED) is 0.419. The Morgan fingerprint density at radius 3 is 2.50 bits per heavy atom. The van der Waals surface area contributed by atoms with Crippen LogP contribution >= 0.6 is 0 Å². The van der Waals surface area contributed by atoms with Gasteiger partial charge >= 0.3 is 5.92 Å². The van der Waals surface area contributed by atoms with Gasteiger partial charge in [-0.2, -0.15) is 8.78 Å². The van der Waals surface area contributed by atoms with Gasteiger partial charge in [-0.25, -0.2) is 0 Å². The second kappa shape index (κ2) is 8.78. The maximum Gasteiger partial charge on any atom is 0.336 e. The Balaban J connectivity index is 1.40. The number of alkyl halides is 2. The van der Waals surface area contributed by atoms with Crippen LogP contribution in [0.25, 0.3) is 0 Å². The van der Waals surface area contributed by atoms with Crippen molar-refractivity contribution in [3.63, 3.8) is 0 Å². The number of fused-ring (bicyclic) bond motifs is 4. The molecule has 0 spiro atoms. The van der Waals surface area contributed by atoms with E-state index in [0.717, 1.165) is 29.7 Å². The molecule has 0 aromatic heterocycles. The van der Waals surface area contributed by atoms with E-state index in [1.807, 2.05) is 25.1 Å². The number of benzene rings is 1. The minimum Gasteiger partial charge on any atom is -0.493 e. The number of carbonyl (C=O) groups is 1. The van der Waals surface area contributed by atoms with Crippen molar-refractivity contribution in [3.8, 4) is 18.1 Å². The molecule has 5 aliphatic carbocycles. The van der Waals surface area contributed by atoms with Gasteiger partial charge in [-0.3, -0.25) is 4.79 Å². The Kier molecular flexibility index (Phi) is 5.96. The number of halogens is 2. The van der Waals surface area contributed by atoms with E-state index >= 15 is 8.78 Å². The first-order chi connectivity index (χ1) is 18.0. The number of terminal acetylenes is 1. The van der Waals surface area contributed by atoms with E-state index in [2.05, 4.69) is 19.1 Å². The molecular weight excluding hydrogens is 482 g/mol. The van der Waals surface area contributed by atoms with Crippen LogP contribution in [0.5, 0.6) is 5.75 Å². The van der Waals surface area contributed by atoms with E-state index in [-0.39, 0.29) is 35.4 Å². The van der Waals surface area contributed by atoms with E-state index in [1.165, 1.54) is 30.4 Å². The van der Waals surface area contributed by atoms with Crippen LogP contribution in [-0.4, -0.2) is 29.0 Å². The van der Waals surface area contributed by atoms with E-state index in [1.54, 1.807) is 5.92 Å². The van der Waals surface area contributed by atoms with Gasteiger partial charge in [0.1, 0.15) is 11.4 Å². The fourth-order valence-corrected chi connectivity index (χ4v) is 8.58. The van der Waals surface area contributed by atoms with Crippen molar-refractivity contribution in [1.29, 1.82) is 0 Å². The molecule has 5 atom stereocenters. The largest absolute Gasteiger partial charge is 0.493 e. The zero-order valence-electron chi connectivity index (χ0n) is 22.5. The molecule has 3 nitrogen and oxygen atoms in total. The molecule has 3 saturated carbocycles. The van der Waals surface area contributed by atoms with Crippen LogP contribution in [0.15, 0.2) is 47.1 Å². The summed E-state index contributed by atoms with van der Waals surface area (Å²) >= 11 is 0.